The quantitative estimate of drug-likeness (QED) is 0.366. The van der Waals surface area contributed by atoms with Crippen LogP contribution >= 0.6 is 11.8 Å². The number of unbranched alkanes of at least 4 members (excludes halogenated alkanes) is 6. The van der Waals surface area contributed by atoms with Crippen molar-refractivity contribution in [2.24, 2.45) is 0 Å². The van der Waals surface area contributed by atoms with Crippen LogP contribution < -0.4 is 0 Å². The molecule has 1 heteroatoms. The molecule has 20 heavy (non-hydrogen) atoms. The molecule has 0 nitrogen and oxygen atoms in total. The Morgan fingerprint density at radius 1 is 0.750 bits per heavy atom. The predicted molar refractivity (Wildman–Crippen MR) is 92.7 cm³/mol. The highest BCUT2D eigenvalue weighted by Crippen LogP contribution is 2.24. The van der Waals surface area contributed by atoms with Gasteiger partial charge >= 0.3 is 0 Å². The molecular weight excluding hydrogens is 260 g/mol. The summed E-state index contributed by atoms with van der Waals surface area (Å²) in [5.41, 5.74) is 0. The summed E-state index contributed by atoms with van der Waals surface area (Å²) in [6, 6.07) is 15.4. The zero-order valence-electron chi connectivity index (χ0n) is 12.6. The van der Waals surface area contributed by atoms with E-state index in [4.69, 9.17) is 0 Å². The molecule has 0 amide bonds. The molecule has 0 aliphatic heterocycles. The molecule has 0 atom stereocenters. The molecule has 0 aliphatic rings. The Kier molecular flexibility index (Phi) is 7.00. The molecule has 0 unspecified atom stereocenters. The van der Waals surface area contributed by atoms with Crippen LogP contribution in [0.2, 0.25) is 0 Å². The van der Waals surface area contributed by atoms with E-state index in [0.717, 1.165) is 0 Å². The Bertz CT molecular complexity index is 504. The second-order valence-electron chi connectivity index (χ2n) is 5.48. The van der Waals surface area contributed by atoms with Crippen molar-refractivity contribution < 1.29 is 0 Å². The second kappa shape index (κ2) is 9.07. The average Bonchev–Trinajstić information content (AvgIpc) is 2.50. The Morgan fingerprint density at radius 3 is 2.25 bits per heavy atom. The van der Waals surface area contributed by atoms with Crippen LogP contribution in [-0.4, -0.2) is 5.75 Å². The maximum Gasteiger partial charge on any atom is 0.00783 e. The SMILES string of the molecule is CCCCCCCCCSc1ccc2ccccc2c1. The van der Waals surface area contributed by atoms with Gasteiger partial charge in [-0.05, 0) is 35.1 Å². The van der Waals surface area contributed by atoms with Crippen LogP contribution in [0.5, 0.6) is 0 Å². The Labute approximate surface area is 128 Å². The van der Waals surface area contributed by atoms with Crippen molar-refractivity contribution in [1.29, 1.82) is 0 Å². The van der Waals surface area contributed by atoms with Gasteiger partial charge in [0.1, 0.15) is 0 Å². The summed E-state index contributed by atoms with van der Waals surface area (Å²) in [7, 11) is 0. The van der Waals surface area contributed by atoms with Gasteiger partial charge in [-0.1, -0.05) is 75.8 Å². The van der Waals surface area contributed by atoms with E-state index < -0.39 is 0 Å². The van der Waals surface area contributed by atoms with E-state index in [2.05, 4.69) is 49.4 Å². The Balaban J connectivity index is 1.65. The van der Waals surface area contributed by atoms with E-state index in [9.17, 15) is 0 Å². The summed E-state index contributed by atoms with van der Waals surface area (Å²) in [5.74, 6) is 1.26. The van der Waals surface area contributed by atoms with Crippen molar-refractivity contribution in [1.82, 2.24) is 0 Å². The average molecular weight is 286 g/mol. The molecule has 0 radical (unpaired) electrons. The molecule has 0 saturated carbocycles. The van der Waals surface area contributed by atoms with E-state index in [-0.39, 0.29) is 0 Å². The molecule has 0 N–H and O–H groups in total. The minimum atomic E-state index is 1.26. The van der Waals surface area contributed by atoms with Crippen molar-refractivity contribution in [2.75, 3.05) is 5.75 Å². The highest BCUT2D eigenvalue weighted by Gasteiger charge is 1.97. The number of fused-ring (bicyclic) bond motifs is 1. The molecule has 108 valence electrons. The third kappa shape index (κ3) is 5.20. The minimum Gasteiger partial charge on any atom is -0.126 e. The van der Waals surface area contributed by atoms with Crippen molar-refractivity contribution in [3.8, 4) is 0 Å². The monoisotopic (exact) mass is 286 g/mol. The zero-order chi connectivity index (χ0) is 14.0. The van der Waals surface area contributed by atoms with Crippen LogP contribution in [0.25, 0.3) is 10.8 Å². The van der Waals surface area contributed by atoms with Gasteiger partial charge in [0.15, 0.2) is 0 Å². The van der Waals surface area contributed by atoms with Gasteiger partial charge in [-0.15, -0.1) is 11.8 Å². The Hall–Kier alpha value is -0.950. The van der Waals surface area contributed by atoms with E-state index >= 15 is 0 Å². The van der Waals surface area contributed by atoms with Crippen molar-refractivity contribution >= 4 is 22.5 Å². The maximum absolute atomic E-state index is 2.32. The largest absolute Gasteiger partial charge is 0.126 e. The first-order valence-corrected chi connectivity index (χ1v) is 9.00. The molecule has 2 aromatic carbocycles. The van der Waals surface area contributed by atoms with Crippen molar-refractivity contribution in [3.63, 3.8) is 0 Å². The summed E-state index contributed by atoms with van der Waals surface area (Å²) >= 11 is 2.00. The second-order valence-corrected chi connectivity index (χ2v) is 6.65. The summed E-state index contributed by atoms with van der Waals surface area (Å²) in [6.45, 7) is 2.28. The molecule has 0 heterocycles. The van der Waals surface area contributed by atoms with Crippen LogP contribution in [0.3, 0.4) is 0 Å². The molecule has 0 aliphatic carbocycles. The number of hydrogen-bond acceptors (Lipinski definition) is 1. The van der Waals surface area contributed by atoms with Gasteiger partial charge in [0.25, 0.3) is 0 Å². The number of hydrogen-bond donors (Lipinski definition) is 0. The molecule has 0 bridgehead atoms. The summed E-state index contributed by atoms with van der Waals surface area (Å²) in [4.78, 5) is 1.41. The topological polar surface area (TPSA) is 0 Å². The number of thioether (sulfide) groups is 1. The van der Waals surface area contributed by atoms with Crippen molar-refractivity contribution in [2.45, 2.75) is 56.8 Å². The molecule has 0 fully saturated rings. The summed E-state index contributed by atoms with van der Waals surface area (Å²) in [5, 5.41) is 2.70. The lowest BCUT2D eigenvalue weighted by Gasteiger charge is -2.04. The molecule has 0 saturated heterocycles. The van der Waals surface area contributed by atoms with E-state index in [1.807, 2.05) is 11.8 Å². The van der Waals surface area contributed by atoms with Crippen LogP contribution in [0.1, 0.15) is 51.9 Å². The minimum absolute atomic E-state index is 1.26. The maximum atomic E-state index is 2.32. The van der Waals surface area contributed by atoms with Gasteiger partial charge in [-0.3, -0.25) is 0 Å². The van der Waals surface area contributed by atoms with Crippen LogP contribution in [0.15, 0.2) is 47.4 Å². The van der Waals surface area contributed by atoms with Gasteiger partial charge in [-0.25, -0.2) is 0 Å². The summed E-state index contributed by atoms with van der Waals surface area (Å²) < 4.78 is 0. The predicted octanol–water partition coefficient (Wildman–Crippen LogP) is 6.68. The van der Waals surface area contributed by atoms with Crippen molar-refractivity contribution in [3.05, 3.63) is 42.5 Å². The fourth-order valence-electron chi connectivity index (χ4n) is 2.51. The van der Waals surface area contributed by atoms with Gasteiger partial charge < -0.3 is 0 Å². The van der Waals surface area contributed by atoms with E-state index in [0.29, 0.717) is 0 Å². The van der Waals surface area contributed by atoms with Crippen LogP contribution in [0, 0.1) is 0 Å². The van der Waals surface area contributed by atoms with Gasteiger partial charge in [0, 0.05) is 4.90 Å². The van der Waals surface area contributed by atoms with Crippen LogP contribution in [0.4, 0.5) is 0 Å². The van der Waals surface area contributed by atoms with E-state index in [1.54, 1.807) is 0 Å². The van der Waals surface area contributed by atoms with Gasteiger partial charge in [0.2, 0.25) is 0 Å². The van der Waals surface area contributed by atoms with Crippen LogP contribution in [-0.2, 0) is 0 Å². The first kappa shape index (κ1) is 15.4. The third-order valence-electron chi connectivity index (χ3n) is 3.74. The third-order valence-corrected chi connectivity index (χ3v) is 4.82. The first-order valence-electron chi connectivity index (χ1n) is 8.02. The lowest BCUT2D eigenvalue weighted by atomic mass is 10.1. The zero-order valence-corrected chi connectivity index (χ0v) is 13.4. The fourth-order valence-corrected chi connectivity index (χ4v) is 3.47. The number of rotatable bonds is 9. The molecule has 0 spiro atoms. The summed E-state index contributed by atoms with van der Waals surface area (Å²) in [6.07, 6.45) is 9.76. The molecule has 2 aromatic rings. The smallest absolute Gasteiger partial charge is 0.00783 e. The number of benzene rings is 2. The molecular formula is C19H26S. The molecule has 0 aromatic heterocycles. The standard InChI is InChI=1S/C19H26S/c1-2-3-4-5-6-7-10-15-20-19-14-13-17-11-8-9-12-18(17)16-19/h8-9,11-14,16H,2-7,10,15H2,1H3. The molecule has 2 rings (SSSR count). The van der Waals surface area contributed by atoms with Gasteiger partial charge in [-0.2, -0.15) is 0 Å². The first-order chi connectivity index (χ1) is 9.90. The lowest BCUT2D eigenvalue weighted by Crippen LogP contribution is -1.83. The van der Waals surface area contributed by atoms with Gasteiger partial charge in [0.05, 0.1) is 0 Å². The van der Waals surface area contributed by atoms with E-state index in [1.165, 1.54) is 66.4 Å². The normalized spacial score (nSPS) is 11.1. The Morgan fingerprint density at radius 2 is 1.45 bits per heavy atom. The highest BCUT2D eigenvalue weighted by atomic mass is 32.2. The fraction of sp³-hybridized carbons (Fsp3) is 0.474. The lowest BCUT2D eigenvalue weighted by molar-refractivity contribution is 0.603. The highest BCUT2D eigenvalue weighted by molar-refractivity contribution is 7.99.